The van der Waals surface area contributed by atoms with Crippen LogP contribution in [0.15, 0.2) is 53.6 Å². The summed E-state index contributed by atoms with van der Waals surface area (Å²) in [6.45, 7) is 4.06. The van der Waals surface area contributed by atoms with Crippen LogP contribution in [0.5, 0.6) is 11.5 Å². The lowest BCUT2D eigenvalue weighted by Gasteiger charge is -2.13. The highest BCUT2D eigenvalue weighted by molar-refractivity contribution is 7.15. The van der Waals surface area contributed by atoms with Gasteiger partial charge < -0.3 is 14.8 Å². The third-order valence-corrected chi connectivity index (χ3v) is 5.44. The van der Waals surface area contributed by atoms with Crippen LogP contribution in [0.3, 0.4) is 0 Å². The number of anilines is 1. The number of thiazole rings is 1. The highest BCUT2D eigenvalue weighted by Crippen LogP contribution is 2.29. The van der Waals surface area contributed by atoms with Gasteiger partial charge in [-0.2, -0.15) is 9.61 Å². The molecule has 4 rings (SSSR count). The zero-order chi connectivity index (χ0) is 21.8. The SMILES string of the molecule is CCOc1cc(/C=c2\sc3ncnn3c2=O)ccc1OCC(=O)Nc1ccccc1C. The molecule has 0 saturated carbocycles. The molecule has 4 aromatic rings. The molecule has 2 aromatic heterocycles. The smallest absolute Gasteiger partial charge is 0.291 e. The van der Waals surface area contributed by atoms with Crippen LogP contribution in [0.25, 0.3) is 11.0 Å². The van der Waals surface area contributed by atoms with Gasteiger partial charge in [0.15, 0.2) is 18.1 Å². The van der Waals surface area contributed by atoms with Gasteiger partial charge in [0.2, 0.25) is 4.96 Å². The molecule has 1 amide bonds. The van der Waals surface area contributed by atoms with Crippen molar-refractivity contribution < 1.29 is 14.3 Å². The minimum Gasteiger partial charge on any atom is -0.490 e. The number of rotatable bonds is 7. The van der Waals surface area contributed by atoms with Crippen LogP contribution >= 0.6 is 11.3 Å². The Kier molecular flexibility index (Phi) is 5.94. The maximum absolute atomic E-state index is 12.4. The molecule has 0 bridgehead atoms. The van der Waals surface area contributed by atoms with Gasteiger partial charge in [0.05, 0.1) is 11.1 Å². The molecule has 0 unspecified atom stereocenters. The van der Waals surface area contributed by atoms with E-state index in [1.807, 2.05) is 38.1 Å². The number of hydrogen-bond acceptors (Lipinski definition) is 7. The van der Waals surface area contributed by atoms with Gasteiger partial charge in [-0.25, -0.2) is 4.98 Å². The highest BCUT2D eigenvalue weighted by Gasteiger charge is 2.11. The van der Waals surface area contributed by atoms with Crippen molar-refractivity contribution >= 4 is 34.0 Å². The normalized spacial score (nSPS) is 11.6. The second-order valence-electron chi connectivity index (χ2n) is 6.66. The fourth-order valence-electron chi connectivity index (χ4n) is 2.97. The van der Waals surface area contributed by atoms with Crippen molar-refractivity contribution in [3.8, 4) is 11.5 Å². The van der Waals surface area contributed by atoms with Gasteiger partial charge in [-0.05, 0) is 49.2 Å². The molecule has 0 aliphatic carbocycles. The Balaban J connectivity index is 1.52. The Morgan fingerprint density at radius 1 is 1.19 bits per heavy atom. The number of amides is 1. The Bertz CT molecular complexity index is 1350. The topological polar surface area (TPSA) is 94.8 Å². The summed E-state index contributed by atoms with van der Waals surface area (Å²) in [5.74, 6) is 0.675. The molecule has 2 heterocycles. The molecular weight excluding hydrogens is 416 g/mol. The van der Waals surface area contributed by atoms with E-state index in [0.29, 0.717) is 27.6 Å². The number of nitrogens with zero attached hydrogens (tertiary/aromatic N) is 3. The molecule has 31 heavy (non-hydrogen) atoms. The first-order valence-corrected chi connectivity index (χ1v) is 10.5. The molecular formula is C22H20N4O4S. The molecule has 0 aliphatic heterocycles. The number of hydrogen-bond donors (Lipinski definition) is 1. The maximum Gasteiger partial charge on any atom is 0.291 e. The van der Waals surface area contributed by atoms with E-state index in [1.54, 1.807) is 24.3 Å². The summed E-state index contributed by atoms with van der Waals surface area (Å²) in [6.07, 6.45) is 3.10. The lowest BCUT2D eigenvalue weighted by molar-refractivity contribution is -0.118. The van der Waals surface area contributed by atoms with E-state index >= 15 is 0 Å². The first-order chi connectivity index (χ1) is 15.0. The zero-order valence-electron chi connectivity index (χ0n) is 17.0. The summed E-state index contributed by atoms with van der Waals surface area (Å²) in [5.41, 5.74) is 2.27. The van der Waals surface area contributed by atoms with Crippen molar-refractivity contribution in [2.45, 2.75) is 13.8 Å². The summed E-state index contributed by atoms with van der Waals surface area (Å²) < 4.78 is 13.2. The lowest BCUT2D eigenvalue weighted by Crippen LogP contribution is -2.23. The molecule has 1 N–H and O–H groups in total. The van der Waals surface area contributed by atoms with Gasteiger partial charge >= 0.3 is 0 Å². The second kappa shape index (κ2) is 8.97. The van der Waals surface area contributed by atoms with Crippen LogP contribution in [0.4, 0.5) is 5.69 Å². The van der Waals surface area contributed by atoms with Crippen LogP contribution in [-0.4, -0.2) is 33.7 Å². The molecule has 158 valence electrons. The molecule has 0 saturated heterocycles. The molecule has 0 fully saturated rings. The fourth-order valence-corrected chi connectivity index (χ4v) is 3.86. The minimum absolute atomic E-state index is 0.157. The van der Waals surface area contributed by atoms with Gasteiger partial charge in [-0.3, -0.25) is 9.59 Å². The third-order valence-electron chi connectivity index (χ3n) is 4.46. The summed E-state index contributed by atoms with van der Waals surface area (Å²) in [7, 11) is 0. The van der Waals surface area contributed by atoms with Crippen molar-refractivity contribution in [3.63, 3.8) is 0 Å². The number of aryl methyl sites for hydroxylation is 1. The standard InChI is InChI=1S/C22H20N4O4S/c1-3-29-18-10-15(11-19-21(28)26-22(31-19)23-13-24-26)8-9-17(18)30-12-20(27)25-16-7-5-4-6-14(16)2/h4-11,13H,3,12H2,1-2H3,(H,25,27)/b19-11-. The predicted octanol–water partition coefficient (Wildman–Crippen LogP) is 2.42. The summed E-state index contributed by atoms with van der Waals surface area (Å²) in [4.78, 5) is 29.2. The molecule has 8 nitrogen and oxygen atoms in total. The van der Waals surface area contributed by atoms with Crippen molar-refractivity contribution in [1.29, 1.82) is 0 Å². The number of benzene rings is 2. The predicted molar refractivity (Wildman–Crippen MR) is 119 cm³/mol. The van der Waals surface area contributed by atoms with Crippen molar-refractivity contribution in [2.75, 3.05) is 18.5 Å². The van der Waals surface area contributed by atoms with Crippen LogP contribution in [0, 0.1) is 6.92 Å². The molecule has 0 atom stereocenters. The second-order valence-corrected chi connectivity index (χ2v) is 7.67. The number of para-hydroxylation sites is 1. The van der Waals surface area contributed by atoms with Gasteiger partial charge in [-0.15, -0.1) is 0 Å². The van der Waals surface area contributed by atoms with E-state index in [2.05, 4.69) is 15.4 Å². The lowest BCUT2D eigenvalue weighted by atomic mass is 10.2. The van der Waals surface area contributed by atoms with Gasteiger partial charge in [0, 0.05) is 5.69 Å². The van der Waals surface area contributed by atoms with E-state index in [0.717, 1.165) is 16.8 Å². The van der Waals surface area contributed by atoms with E-state index in [4.69, 9.17) is 9.47 Å². The maximum atomic E-state index is 12.4. The van der Waals surface area contributed by atoms with Crippen LogP contribution in [-0.2, 0) is 4.79 Å². The van der Waals surface area contributed by atoms with E-state index in [9.17, 15) is 9.59 Å². The van der Waals surface area contributed by atoms with E-state index in [-0.39, 0.29) is 18.1 Å². The average Bonchev–Trinajstić information content (AvgIpc) is 3.33. The molecule has 2 aromatic carbocycles. The number of ether oxygens (including phenoxy) is 2. The van der Waals surface area contributed by atoms with Gasteiger partial charge in [-0.1, -0.05) is 35.6 Å². The quantitative estimate of drug-likeness (QED) is 0.478. The summed E-state index contributed by atoms with van der Waals surface area (Å²) in [6, 6.07) is 12.8. The number of carbonyl (C=O) groups is 1. The van der Waals surface area contributed by atoms with Crippen LogP contribution in [0.2, 0.25) is 0 Å². The first kappa shape index (κ1) is 20.5. The minimum atomic E-state index is -0.266. The number of carbonyl (C=O) groups excluding carboxylic acids is 1. The van der Waals surface area contributed by atoms with Gasteiger partial charge in [0.1, 0.15) is 6.33 Å². The first-order valence-electron chi connectivity index (χ1n) is 9.64. The zero-order valence-corrected chi connectivity index (χ0v) is 17.8. The molecule has 0 radical (unpaired) electrons. The van der Waals surface area contributed by atoms with E-state index in [1.165, 1.54) is 22.2 Å². The molecule has 9 heteroatoms. The molecule has 0 aliphatic rings. The van der Waals surface area contributed by atoms with Crippen molar-refractivity contribution in [1.82, 2.24) is 14.6 Å². The Morgan fingerprint density at radius 3 is 2.81 bits per heavy atom. The van der Waals surface area contributed by atoms with Crippen LogP contribution in [0.1, 0.15) is 18.1 Å². The number of fused-ring (bicyclic) bond motifs is 1. The van der Waals surface area contributed by atoms with Crippen molar-refractivity contribution in [3.05, 3.63) is 74.8 Å². The Morgan fingerprint density at radius 2 is 2.03 bits per heavy atom. The van der Waals surface area contributed by atoms with Gasteiger partial charge in [0.25, 0.3) is 11.5 Å². The number of nitrogens with one attached hydrogen (secondary N) is 1. The molecule has 0 spiro atoms. The summed E-state index contributed by atoms with van der Waals surface area (Å²) in [5, 5.41) is 6.75. The Labute approximate surface area is 181 Å². The Hall–Kier alpha value is -3.72. The highest BCUT2D eigenvalue weighted by atomic mass is 32.1. The fraction of sp³-hybridized carbons (Fsp3) is 0.182. The number of aromatic nitrogens is 3. The average molecular weight is 436 g/mol. The summed E-state index contributed by atoms with van der Waals surface area (Å²) >= 11 is 1.26. The van der Waals surface area contributed by atoms with Crippen molar-refractivity contribution in [2.24, 2.45) is 0 Å². The monoisotopic (exact) mass is 436 g/mol. The third kappa shape index (κ3) is 4.56. The van der Waals surface area contributed by atoms with E-state index < -0.39 is 0 Å². The largest absolute Gasteiger partial charge is 0.490 e. The van der Waals surface area contributed by atoms with Crippen LogP contribution < -0.4 is 24.9 Å².